The van der Waals surface area contributed by atoms with Crippen molar-refractivity contribution in [2.75, 3.05) is 31.3 Å². The molecule has 0 amide bonds. The Bertz CT molecular complexity index is 371. The van der Waals surface area contributed by atoms with Crippen molar-refractivity contribution >= 4 is 17.3 Å². The number of methoxy groups -OCH3 is 1. The maximum atomic E-state index is 10.7. The van der Waals surface area contributed by atoms with E-state index in [1.54, 1.807) is 7.11 Å². The summed E-state index contributed by atoms with van der Waals surface area (Å²) in [5, 5.41) is 13.5. The topological polar surface area (TPSA) is 116 Å². The summed E-state index contributed by atoms with van der Waals surface area (Å²) in [4.78, 5) is 17.4. The van der Waals surface area contributed by atoms with E-state index in [4.69, 9.17) is 10.5 Å². The van der Waals surface area contributed by atoms with E-state index in [0.29, 0.717) is 13.2 Å². The molecule has 0 radical (unpaired) electrons. The van der Waals surface area contributed by atoms with Crippen molar-refractivity contribution < 1.29 is 9.66 Å². The summed E-state index contributed by atoms with van der Waals surface area (Å²) < 4.78 is 4.85. The van der Waals surface area contributed by atoms with Crippen LogP contribution in [0.5, 0.6) is 0 Å². The highest BCUT2D eigenvalue weighted by molar-refractivity contribution is 5.67. The molecule has 0 bridgehead atoms. The molecule has 0 spiro atoms. The number of nitrogens with one attached hydrogen (secondary N) is 1. The summed E-state index contributed by atoms with van der Waals surface area (Å²) in [5.41, 5.74) is 5.10. The van der Waals surface area contributed by atoms with Gasteiger partial charge in [0.15, 0.2) is 0 Å². The number of nitrogen functional groups attached to an aromatic ring is 1. The first-order valence-electron chi connectivity index (χ1n) is 4.64. The molecule has 1 rings (SSSR count). The minimum atomic E-state index is -0.603. The van der Waals surface area contributed by atoms with Crippen LogP contribution in [0.15, 0.2) is 6.33 Å². The van der Waals surface area contributed by atoms with Gasteiger partial charge in [-0.1, -0.05) is 0 Å². The molecule has 0 atom stereocenters. The maximum Gasteiger partial charge on any atom is 0.352 e. The number of rotatable bonds is 6. The molecule has 16 heavy (non-hydrogen) atoms. The first-order valence-corrected chi connectivity index (χ1v) is 4.64. The van der Waals surface area contributed by atoms with Crippen molar-refractivity contribution in [1.82, 2.24) is 9.97 Å². The molecule has 0 fully saturated rings. The van der Waals surface area contributed by atoms with E-state index >= 15 is 0 Å². The third kappa shape index (κ3) is 3.02. The average molecular weight is 227 g/mol. The fraction of sp³-hybridized carbons (Fsp3) is 0.500. The van der Waals surface area contributed by atoms with Gasteiger partial charge in [-0.25, -0.2) is 9.97 Å². The molecule has 3 N–H and O–H groups in total. The third-order valence-corrected chi connectivity index (χ3v) is 1.85. The zero-order valence-corrected chi connectivity index (χ0v) is 8.84. The fourth-order valence-corrected chi connectivity index (χ4v) is 1.13. The van der Waals surface area contributed by atoms with Crippen molar-refractivity contribution in [2.24, 2.45) is 0 Å². The van der Waals surface area contributed by atoms with E-state index in [0.717, 1.165) is 6.42 Å². The van der Waals surface area contributed by atoms with E-state index in [-0.39, 0.29) is 17.3 Å². The average Bonchev–Trinajstić information content (AvgIpc) is 2.24. The largest absolute Gasteiger partial charge is 0.385 e. The van der Waals surface area contributed by atoms with E-state index in [1.807, 2.05) is 0 Å². The van der Waals surface area contributed by atoms with Crippen molar-refractivity contribution in [2.45, 2.75) is 6.42 Å². The summed E-state index contributed by atoms with van der Waals surface area (Å²) in [7, 11) is 1.59. The van der Waals surface area contributed by atoms with Crippen molar-refractivity contribution in [3.8, 4) is 0 Å². The maximum absolute atomic E-state index is 10.7. The molecule has 0 saturated carbocycles. The number of aromatic nitrogens is 2. The van der Waals surface area contributed by atoms with Gasteiger partial charge in [-0.3, -0.25) is 10.1 Å². The Balaban J connectivity index is 2.71. The second-order valence-electron chi connectivity index (χ2n) is 2.99. The lowest BCUT2D eigenvalue weighted by Gasteiger charge is -2.05. The van der Waals surface area contributed by atoms with Crippen LogP contribution >= 0.6 is 0 Å². The number of hydrogen-bond donors (Lipinski definition) is 2. The smallest absolute Gasteiger partial charge is 0.352 e. The Morgan fingerprint density at radius 3 is 3.00 bits per heavy atom. The highest BCUT2D eigenvalue weighted by Gasteiger charge is 2.20. The number of anilines is 2. The Morgan fingerprint density at radius 1 is 1.62 bits per heavy atom. The monoisotopic (exact) mass is 227 g/mol. The number of nitro groups is 1. The molecular weight excluding hydrogens is 214 g/mol. The molecule has 88 valence electrons. The summed E-state index contributed by atoms with van der Waals surface area (Å²) in [6.07, 6.45) is 1.90. The Kier molecular flexibility index (Phi) is 4.40. The number of hydrogen-bond acceptors (Lipinski definition) is 7. The number of ether oxygens (including phenoxy) is 1. The van der Waals surface area contributed by atoms with Crippen molar-refractivity contribution in [3.05, 3.63) is 16.4 Å². The molecule has 8 nitrogen and oxygen atoms in total. The molecule has 1 aromatic heterocycles. The van der Waals surface area contributed by atoms with Gasteiger partial charge in [0, 0.05) is 20.3 Å². The molecule has 0 aliphatic carbocycles. The summed E-state index contributed by atoms with van der Waals surface area (Å²) >= 11 is 0. The summed E-state index contributed by atoms with van der Waals surface area (Å²) in [5.74, 6) is -0.0113. The molecule has 8 heteroatoms. The first-order chi connectivity index (χ1) is 7.66. The van der Waals surface area contributed by atoms with Crippen LogP contribution in [-0.4, -0.2) is 35.2 Å². The van der Waals surface area contributed by atoms with Gasteiger partial charge >= 0.3 is 5.69 Å². The van der Waals surface area contributed by atoms with Gasteiger partial charge in [0.25, 0.3) is 0 Å². The normalized spacial score (nSPS) is 10.1. The summed E-state index contributed by atoms with van der Waals surface area (Å²) in [6, 6.07) is 0. The lowest BCUT2D eigenvalue weighted by molar-refractivity contribution is -0.383. The van der Waals surface area contributed by atoms with Crippen LogP contribution in [0, 0.1) is 10.1 Å². The van der Waals surface area contributed by atoms with Crippen LogP contribution in [0.4, 0.5) is 17.3 Å². The lowest BCUT2D eigenvalue weighted by Crippen LogP contribution is -2.10. The van der Waals surface area contributed by atoms with Crippen LogP contribution < -0.4 is 11.1 Å². The molecule has 1 aromatic rings. The van der Waals surface area contributed by atoms with Gasteiger partial charge in [0.05, 0.1) is 4.92 Å². The molecule has 0 aliphatic rings. The predicted octanol–water partition coefficient (Wildman–Crippen LogP) is 0.415. The van der Waals surface area contributed by atoms with Crippen LogP contribution in [0.2, 0.25) is 0 Å². The standard InChI is InChI=1S/C8H13N5O3/c1-16-4-2-3-10-8-6(13(14)15)7(9)11-5-12-8/h5H,2-4H2,1H3,(H3,9,10,11,12). The molecular formula is C8H13N5O3. The highest BCUT2D eigenvalue weighted by atomic mass is 16.6. The highest BCUT2D eigenvalue weighted by Crippen LogP contribution is 2.25. The second kappa shape index (κ2) is 5.81. The van der Waals surface area contributed by atoms with Gasteiger partial charge in [-0.15, -0.1) is 0 Å². The number of nitrogens with zero attached hydrogens (tertiary/aromatic N) is 3. The van der Waals surface area contributed by atoms with E-state index in [2.05, 4.69) is 15.3 Å². The zero-order valence-electron chi connectivity index (χ0n) is 8.84. The quantitative estimate of drug-likeness (QED) is 0.410. The first kappa shape index (κ1) is 12.1. The Morgan fingerprint density at radius 2 is 2.38 bits per heavy atom. The SMILES string of the molecule is COCCCNc1ncnc(N)c1[N+](=O)[O-]. The molecule has 0 unspecified atom stereocenters. The van der Waals surface area contributed by atoms with Gasteiger partial charge in [0.2, 0.25) is 11.6 Å². The van der Waals surface area contributed by atoms with Crippen LogP contribution in [0.25, 0.3) is 0 Å². The van der Waals surface area contributed by atoms with Gasteiger partial charge in [0.1, 0.15) is 6.33 Å². The van der Waals surface area contributed by atoms with E-state index in [1.165, 1.54) is 6.33 Å². The van der Waals surface area contributed by atoms with Gasteiger partial charge in [-0.2, -0.15) is 0 Å². The van der Waals surface area contributed by atoms with Crippen LogP contribution in [0.1, 0.15) is 6.42 Å². The molecule has 0 aromatic carbocycles. The van der Waals surface area contributed by atoms with E-state index < -0.39 is 4.92 Å². The fourth-order valence-electron chi connectivity index (χ4n) is 1.13. The number of nitrogens with two attached hydrogens (primary N) is 1. The van der Waals surface area contributed by atoms with Crippen LogP contribution in [-0.2, 0) is 4.74 Å². The van der Waals surface area contributed by atoms with Crippen molar-refractivity contribution in [1.29, 1.82) is 0 Å². The van der Waals surface area contributed by atoms with Crippen molar-refractivity contribution in [3.63, 3.8) is 0 Å². The molecule has 0 aliphatic heterocycles. The van der Waals surface area contributed by atoms with Gasteiger partial charge < -0.3 is 15.8 Å². The Hall–Kier alpha value is -1.96. The third-order valence-electron chi connectivity index (χ3n) is 1.85. The predicted molar refractivity (Wildman–Crippen MR) is 58.1 cm³/mol. The molecule has 1 heterocycles. The van der Waals surface area contributed by atoms with E-state index in [9.17, 15) is 10.1 Å². The Labute approximate surface area is 92.0 Å². The van der Waals surface area contributed by atoms with Gasteiger partial charge in [-0.05, 0) is 6.42 Å². The minimum Gasteiger partial charge on any atom is -0.385 e. The zero-order chi connectivity index (χ0) is 12.0. The lowest BCUT2D eigenvalue weighted by atomic mass is 10.4. The minimum absolute atomic E-state index is 0.133. The second-order valence-corrected chi connectivity index (χ2v) is 2.99. The molecule has 0 saturated heterocycles. The van der Waals surface area contributed by atoms with Crippen LogP contribution in [0.3, 0.4) is 0 Å². The summed E-state index contributed by atoms with van der Waals surface area (Å²) in [6.45, 7) is 1.09.